The number of benzene rings is 2. The first-order valence-electron chi connectivity index (χ1n) is 6.99. The fraction of sp³-hybridized carbons (Fsp3) is 0.167. The van der Waals surface area contributed by atoms with Crippen LogP contribution in [0, 0.1) is 0 Å². The van der Waals surface area contributed by atoms with Gasteiger partial charge in [-0.2, -0.15) is 0 Å². The van der Waals surface area contributed by atoms with Crippen LogP contribution in [-0.2, 0) is 6.54 Å². The topological polar surface area (TPSA) is 34.2 Å². The summed E-state index contributed by atoms with van der Waals surface area (Å²) in [5, 5.41) is 4.32. The molecule has 0 unspecified atom stereocenters. The van der Waals surface area contributed by atoms with Crippen LogP contribution in [0.3, 0.4) is 0 Å². The predicted molar refractivity (Wildman–Crippen MR) is 86.5 cm³/mol. The van der Waals surface area contributed by atoms with Crippen molar-refractivity contribution >= 4 is 10.9 Å². The van der Waals surface area contributed by atoms with Gasteiger partial charge >= 0.3 is 0 Å². The Morgan fingerprint density at radius 1 is 1.05 bits per heavy atom. The maximum absolute atomic E-state index is 5.40. The van der Waals surface area contributed by atoms with E-state index in [2.05, 4.69) is 35.6 Å². The third-order valence-electron chi connectivity index (χ3n) is 3.54. The van der Waals surface area contributed by atoms with Gasteiger partial charge in [-0.05, 0) is 37.4 Å². The maximum Gasteiger partial charge on any atom is 0.123 e. The third-order valence-corrected chi connectivity index (χ3v) is 3.54. The highest BCUT2D eigenvalue weighted by atomic mass is 16.5. The summed E-state index contributed by atoms with van der Waals surface area (Å²) in [6.45, 7) is 0.768. The summed E-state index contributed by atoms with van der Waals surface area (Å²) in [5.41, 5.74) is 4.23. The van der Waals surface area contributed by atoms with Crippen LogP contribution in [-0.4, -0.2) is 19.1 Å². The second-order valence-corrected chi connectivity index (χ2v) is 4.95. The first kappa shape index (κ1) is 13.6. The molecule has 0 saturated heterocycles. The number of nitrogens with zero attached hydrogens (tertiary/aromatic N) is 1. The second-order valence-electron chi connectivity index (χ2n) is 4.95. The summed E-state index contributed by atoms with van der Waals surface area (Å²) in [6, 6.07) is 18.5. The number of methoxy groups -OCH3 is 1. The molecule has 2 aromatic carbocycles. The molecule has 0 amide bonds. The Balaban J connectivity index is 2.07. The lowest BCUT2D eigenvalue weighted by Gasteiger charge is -2.10. The van der Waals surface area contributed by atoms with Gasteiger partial charge in [0.25, 0.3) is 0 Å². The minimum Gasteiger partial charge on any atom is -0.496 e. The van der Waals surface area contributed by atoms with Gasteiger partial charge in [-0.15, -0.1) is 0 Å². The number of fused-ring (bicyclic) bond motifs is 1. The molecular formula is C18H18N2O. The van der Waals surface area contributed by atoms with E-state index in [-0.39, 0.29) is 0 Å². The summed E-state index contributed by atoms with van der Waals surface area (Å²) < 4.78 is 5.40. The van der Waals surface area contributed by atoms with Gasteiger partial charge in [0.1, 0.15) is 5.75 Å². The quantitative estimate of drug-likeness (QED) is 0.791. The largest absolute Gasteiger partial charge is 0.496 e. The lowest BCUT2D eigenvalue weighted by atomic mass is 10.1. The molecule has 0 radical (unpaired) electrons. The van der Waals surface area contributed by atoms with Crippen LogP contribution in [0.25, 0.3) is 22.2 Å². The standard InChI is InChI=1S/C18H18N2O/c1-19-12-15-11-14(8-10-18(15)21-2)17-9-7-13-5-3-4-6-16(13)20-17/h3-11,19H,12H2,1-2H3. The van der Waals surface area contributed by atoms with Gasteiger partial charge in [-0.25, -0.2) is 4.98 Å². The average molecular weight is 278 g/mol. The van der Waals surface area contributed by atoms with Crippen LogP contribution >= 0.6 is 0 Å². The average Bonchev–Trinajstić information content (AvgIpc) is 2.54. The molecule has 0 bridgehead atoms. The Hall–Kier alpha value is -2.39. The first-order chi connectivity index (χ1) is 10.3. The number of para-hydroxylation sites is 1. The number of pyridine rings is 1. The zero-order valence-corrected chi connectivity index (χ0v) is 12.3. The highest BCUT2D eigenvalue weighted by molar-refractivity contribution is 5.81. The minimum atomic E-state index is 0.768. The number of aromatic nitrogens is 1. The number of nitrogens with one attached hydrogen (secondary N) is 1. The fourth-order valence-corrected chi connectivity index (χ4v) is 2.49. The molecule has 1 N–H and O–H groups in total. The number of rotatable bonds is 4. The van der Waals surface area contributed by atoms with Crippen molar-refractivity contribution in [2.24, 2.45) is 0 Å². The van der Waals surface area contributed by atoms with E-state index in [1.54, 1.807) is 7.11 Å². The third kappa shape index (κ3) is 2.73. The minimum absolute atomic E-state index is 0.768. The summed E-state index contributed by atoms with van der Waals surface area (Å²) in [4.78, 5) is 4.74. The van der Waals surface area contributed by atoms with Crippen molar-refractivity contribution in [3.63, 3.8) is 0 Å². The summed E-state index contributed by atoms with van der Waals surface area (Å²) in [7, 11) is 3.63. The lowest BCUT2D eigenvalue weighted by Crippen LogP contribution is -2.06. The molecule has 3 heteroatoms. The van der Waals surface area contributed by atoms with E-state index >= 15 is 0 Å². The molecule has 1 heterocycles. The van der Waals surface area contributed by atoms with Crippen LogP contribution in [0.15, 0.2) is 54.6 Å². The Morgan fingerprint density at radius 2 is 1.90 bits per heavy atom. The zero-order chi connectivity index (χ0) is 14.7. The summed E-state index contributed by atoms with van der Waals surface area (Å²) in [6.07, 6.45) is 0. The van der Waals surface area contributed by atoms with Gasteiger partial charge < -0.3 is 10.1 Å². The molecule has 0 fully saturated rings. The van der Waals surface area contributed by atoms with E-state index in [1.165, 1.54) is 0 Å². The van der Waals surface area contributed by atoms with Gasteiger partial charge in [-0.3, -0.25) is 0 Å². The van der Waals surface area contributed by atoms with Crippen molar-refractivity contribution in [3.05, 3.63) is 60.2 Å². The summed E-state index contributed by atoms with van der Waals surface area (Å²) >= 11 is 0. The van der Waals surface area contributed by atoms with E-state index in [4.69, 9.17) is 9.72 Å². The van der Waals surface area contributed by atoms with Crippen molar-refractivity contribution < 1.29 is 4.74 Å². The molecule has 106 valence electrons. The van der Waals surface area contributed by atoms with Crippen LogP contribution in [0.5, 0.6) is 5.75 Å². The second kappa shape index (κ2) is 5.94. The molecule has 0 atom stereocenters. The van der Waals surface area contributed by atoms with Crippen LogP contribution in [0.1, 0.15) is 5.56 Å². The van der Waals surface area contributed by atoms with Gasteiger partial charge in [-0.1, -0.05) is 24.3 Å². The van der Waals surface area contributed by atoms with Crippen LogP contribution < -0.4 is 10.1 Å². The van der Waals surface area contributed by atoms with E-state index in [0.29, 0.717) is 0 Å². The molecule has 0 aliphatic heterocycles. The van der Waals surface area contributed by atoms with E-state index in [1.807, 2.05) is 31.3 Å². The predicted octanol–water partition coefficient (Wildman–Crippen LogP) is 3.63. The molecule has 1 aromatic heterocycles. The van der Waals surface area contributed by atoms with Crippen LogP contribution in [0.4, 0.5) is 0 Å². The monoisotopic (exact) mass is 278 g/mol. The van der Waals surface area contributed by atoms with Gasteiger partial charge in [0.05, 0.1) is 18.3 Å². The Kier molecular flexibility index (Phi) is 3.84. The highest BCUT2D eigenvalue weighted by Crippen LogP contribution is 2.26. The van der Waals surface area contributed by atoms with E-state index < -0.39 is 0 Å². The van der Waals surface area contributed by atoms with Crippen LogP contribution in [0.2, 0.25) is 0 Å². The van der Waals surface area contributed by atoms with Gasteiger partial charge in [0.15, 0.2) is 0 Å². The molecule has 3 nitrogen and oxygen atoms in total. The molecule has 0 saturated carbocycles. The van der Waals surface area contributed by atoms with Gasteiger partial charge in [0.2, 0.25) is 0 Å². The van der Waals surface area contributed by atoms with Crippen molar-refractivity contribution in [2.45, 2.75) is 6.54 Å². The molecule has 0 aliphatic rings. The lowest BCUT2D eigenvalue weighted by molar-refractivity contribution is 0.408. The summed E-state index contributed by atoms with van der Waals surface area (Å²) in [5.74, 6) is 0.897. The highest BCUT2D eigenvalue weighted by Gasteiger charge is 2.07. The molecule has 3 rings (SSSR count). The molecule has 0 aliphatic carbocycles. The molecule has 21 heavy (non-hydrogen) atoms. The molecular weight excluding hydrogens is 260 g/mol. The van der Waals surface area contributed by atoms with Gasteiger partial charge in [0, 0.05) is 23.1 Å². The van der Waals surface area contributed by atoms with Crippen molar-refractivity contribution in [2.75, 3.05) is 14.2 Å². The maximum atomic E-state index is 5.40. The fourth-order valence-electron chi connectivity index (χ4n) is 2.49. The molecule has 0 spiro atoms. The Morgan fingerprint density at radius 3 is 2.71 bits per heavy atom. The normalized spacial score (nSPS) is 10.8. The number of hydrogen-bond acceptors (Lipinski definition) is 3. The first-order valence-corrected chi connectivity index (χ1v) is 6.99. The number of ether oxygens (including phenoxy) is 1. The Labute approximate surface area is 124 Å². The molecule has 3 aromatic rings. The smallest absolute Gasteiger partial charge is 0.123 e. The van der Waals surface area contributed by atoms with Crippen molar-refractivity contribution in [1.29, 1.82) is 0 Å². The number of hydrogen-bond donors (Lipinski definition) is 1. The van der Waals surface area contributed by atoms with E-state index in [0.717, 1.165) is 40.0 Å². The SMILES string of the molecule is CNCc1cc(-c2ccc3ccccc3n2)ccc1OC. The van der Waals surface area contributed by atoms with Crippen molar-refractivity contribution in [1.82, 2.24) is 10.3 Å². The zero-order valence-electron chi connectivity index (χ0n) is 12.3. The Bertz CT molecular complexity index is 768. The van der Waals surface area contributed by atoms with Crippen molar-refractivity contribution in [3.8, 4) is 17.0 Å². The van der Waals surface area contributed by atoms with E-state index in [9.17, 15) is 0 Å².